The van der Waals surface area contributed by atoms with Crippen LogP contribution >= 0.6 is 11.3 Å². The molecule has 70 valence electrons. The number of carboxylic acid groups (broad SMARTS) is 1. The minimum absolute atomic E-state index is 0.314. The summed E-state index contributed by atoms with van der Waals surface area (Å²) in [7, 11) is 0. The van der Waals surface area contributed by atoms with Crippen LogP contribution in [0.5, 0.6) is 0 Å². The second-order valence-corrected chi connectivity index (χ2v) is 4.36. The molecule has 1 N–H and O–H groups in total. The van der Waals surface area contributed by atoms with Crippen LogP contribution in [0.1, 0.15) is 34.7 Å². The van der Waals surface area contributed by atoms with Crippen molar-refractivity contribution in [2.75, 3.05) is 0 Å². The summed E-state index contributed by atoms with van der Waals surface area (Å²) >= 11 is 1.28. The van der Waals surface area contributed by atoms with Gasteiger partial charge in [0.2, 0.25) is 6.17 Å². The minimum atomic E-state index is -1.85. The lowest BCUT2D eigenvalue weighted by atomic mass is 10.3. The molecule has 2 rings (SSSR count). The molecule has 0 spiro atoms. The second kappa shape index (κ2) is 3.10. The molecule has 4 heteroatoms. The fourth-order valence-corrected chi connectivity index (χ4v) is 2.36. The van der Waals surface area contributed by atoms with Crippen LogP contribution in [-0.2, 0) is 4.79 Å². The Bertz CT molecular complexity index is 330. The summed E-state index contributed by atoms with van der Waals surface area (Å²) in [5.74, 6) is -0.830. The maximum absolute atomic E-state index is 13.0. The van der Waals surface area contributed by atoms with Crippen LogP contribution in [0.25, 0.3) is 0 Å². The highest BCUT2D eigenvalue weighted by molar-refractivity contribution is 7.12. The number of thiophene rings is 1. The Hall–Kier alpha value is -0.900. The molecular weight excluding hydrogens is 191 g/mol. The molecule has 1 aromatic heterocycles. The lowest BCUT2D eigenvalue weighted by Gasteiger charge is -1.96. The summed E-state index contributed by atoms with van der Waals surface area (Å²) in [4.78, 5) is 11.8. The van der Waals surface area contributed by atoms with Crippen LogP contribution in [0.15, 0.2) is 12.1 Å². The largest absolute Gasteiger partial charge is 0.479 e. The van der Waals surface area contributed by atoms with Gasteiger partial charge in [0.25, 0.3) is 0 Å². The van der Waals surface area contributed by atoms with Crippen LogP contribution in [0, 0.1) is 0 Å². The molecule has 0 saturated heterocycles. The van der Waals surface area contributed by atoms with Crippen LogP contribution < -0.4 is 0 Å². The van der Waals surface area contributed by atoms with Crippen molar-refractivity contribution >= 4 is 17.3 Å². The number of carbonyl (C=O) groups is 1. The molecule has 1 heterocycles. The van der Waals surface area contributed by atoms with E-state index in [1.165, 1.54) is 11.3 Å². The summed E-state index contributed by atoms with van der Waals surface area (Å²) in [6.45, 7) is 0. The number of carboxylic acids is 1. The van der Waals surface area contributed by atoms with E-state index in [-0.39, 0.29) is 0 Å². The van der Waals surface area contributed by atoms with E-state index in [1.54, 1.807) is 6.07 Å². The SMILES string of the molecule is O=C(O)C(F)c1ccc(C2CC2)s1. The Labute approximate surface area is 79.0 Å². The molecule has 0 bridgehead atoms. The predicted molar refractivity (Wildman–Crippen MR) is 47.8 cm³/mol. The minimum Gasteiger partial charge on any atom is -0.479 e. The smallest absolute Gasteiger partial charge is 0.343 e. The highest BCUT2D eigenvalue weighted by Gasteiger charge is 2.27. The summed E-state index contributed by atoms with van der Waals surface area (Å²) in [6, 6.07) is 3.42. The lowest BCUT2D eigenvalue weighted by Crippen LogP contribution is -2.03. The summed E-state index contributed by atoms with van der Waals surface area (Å²) < 4.78 is 13.0. The third-order valence-electron chi connectivity index (χ3n) is 2.09. The number of hydrogen-bond donors (Lipinski definition) is 1. The molecule has 1 unspecified atom stereocenters. The van der Waals surface area contributed by atoms with Gasteiger partial charge in [0, 0.05) is 4.88 Å². The number of aliphatic carboxylic acids is 1. The summed E-state index contributed by atoms with van der Waals surface area (Å²) in [5.41, 5.74) is 0. The number of halogens is 1. The van der Waals surface area contributed by atoms with Crippen molar-refractivity contribution in [3.63, 3.8) is 0 Å². The Morgan fingerprint density at radius 1 is 1.62 bits per heavy atom. The van der Waals surface area contributed by atoms with Crippen molar-refractivity contribution in [3.05, 3.63) is 21.9 Å². The molecule has 1 atom stereocenters. The van der Waals surface area contributed by atoms with Gasteiger partial charge in [-0.2, -0.15) is 0 Å². The standard InChI is InChI=1S/C9H9FO2S/c10-8(9(11)12)7-4-3-6(13-7)5-1-2-5/h3-5,8H,1-2H2,(H,11,12). The molecule has 1 aliphatic rings. The van der Waals surface area contributed by atoms with Gasteiger partial charge in [-0.1, -0.05) is 0 Å². The maximum Gasteiger partial charge on any atom is 0.343 e. The molecule has 0 aliphatic heterocycles. The van der Waals surface area contributed by atoms with Gasteiger partial charge < -0.3 is 5.11 Å². The molecule has 13 heavy (non-hydrogen) atoms. The Kier molecular flexibility index (Phi) is 2.07. The zero-order valence-corrected chi connectivity index (χ0v) is 7.68. The van der Waals surface area contributed by atoms with E-state index in [9.17, 15) is 9.18 Å². The molecule has 0 aromatic carbocycles. The topological polar surface area (TPSA) is 37.3 Å². The van der Waals surface area contributed by atoms with E-state index in [2.05, 4.69) is 0 Å². The first-order valence-corrected chi connectivity index (χ1v) is 4.96. The Morgan fingerprint density at radius 3 is 2.85 bits per heavy atom. The third-order valence-corrected chi connectivity index (χ3v) is 3.38. The predicted octanol–water partition coefficient (Wildman–Crippen LogP) is 2.72. The van der Waals surface area contributed by atoms with Gasteiger partial charge in [0.15, 0.2) is 0 Å². The Morgan fingerprint density at radius 2 is 2.31 bits per heavy atom. The summed E-state index contributed by atoms with van der Waals surface area (Å²) in [6.07, 6.45) is 0.464. The highest BCUT2D eigenvalue weighted by Crippen LogP contribution is 2.44. The Balaban J connectivity index is 2.16. The lowest BCUT2D eigenvalue weighted by molar-refractivity contribution is -0.142. The van der Waals surface area contributed by atoms with Gasteiger partial charge in [-0.15, -0.1) is 11.3 Å². The van der Waals surface area contributed by atoms with Gasteiger partial charge in [0.1, 0.15) is 0 Å². The first kappa shape index (κ1) is 8.69. The van der Waals surface area contributed by atoms with Gasteiger partial charge in [-0.25, -0.2) is 9.18 Å². The van der Waals surface area contributed by atoms with E-state index < -0.39 is 12.1 Å². The summed E-state index contributed by atoms with van der Waals surface area (Å²) in [5, 5.41) is 8.43. The fraction of sp³-hybridized carbons (Fsp3) is 0.444. The molecule has 1 saturated carbocycles. The molecule has 1 fully saturated rings. The fourth-order valence-electron chi connectivity index (χ4n) is 1.21. The van der Waals surface area contributed by atoms with Crippen LogP contribution in [0.3, 0.4) is 0 Å². The van der Waals surface area contributed by atoms with Crippen molar-refractivity contribution in [1.82, 2.24) is 0 Å². The first-order valence-electron chi connectivity index (χ1n) is 4.15. The second-order valence-electron chi connectivity index (χ2n) is 3.22. The normalized spacial score (nSPS) is 18.5. The zero-order valence-electron chi connectivity index (χ0n) is 6.87. The molecular formula is C9H9FO2S. The maximum atomic E-state index is 13.0. The molecule has 1 aromatic rings. The van der Waals surface area contributed by atoms with Gasteiger partial charge in [0.05, 0.1) is 4.88 Å². The van der Waals surface area contributed by atoms with E-state index in [0.29, 0.717) is 10.8 Å². The highest BCUT2D eigenvalue weighted by atomic mass is 32.1. The van der Waals surface area contributed by atoms with Crippen molar-refractivity contribution in [2.24, 2.45) is 0 Å². The van der Waals surface area contributed by atoms with Crippen molar-refractivity contribution in [3.8, 4) is 0 Å². The van der Waals surface area contributed by atoms with E-state index in [0.717, 1.165) is 17.7 Å². The van der Waals surface area contributed by atoms with E-state index in [4.69, 9.17) is 5.11 Å². The number of hydrogen-bond acceptors (Lipinski definition) is 2. The van der Waals surface area contributed by atoms with Crippen molar-refractivity contribution < 1.29 is 14.3 Å². The molecule has 2 nitrogen and oxygen atoms in total. The van der Waals surface area contributed by atoms with E-state index >= 15 is 0 Å². The average molecular weight is 200 g/mol. The number of alkyl halides is 1. The van der Waals surface area contributed by atoms with Gasteiger partial charge in [-0.3, -0.25) is 0 Å². The number of rotatable bonds is 3. The van der Waals surface area contributed by atoms with Gasteiger partial charge in [-0.05, 0) is 30.9 Å². The first-order chi connectivity index (χ1) is 6.18. The van der Waals surface area contributed by atoms with E-state index in [1.807, 2.05) is 6.07 Å². The molecule has 0 radical (unpaired) electrons. The van der Waals surface area contributed by atoms with Crippen molar-refractivity contribution in [1.29, 1.82) is 0 Å². The monoisotopic (exact) mass is 200 g/mol. The average Bonchev–Trinajstić information content (AvgIpc) is 2.83. The van der Waals surface area contributed by atoms with Crippen LogP contribution in [0.2, 0.25) is 0 Å². The third kappa shape index (κ3) is 1.72. The van der Waals surface area contributed by atoms with Crippen molar-refractivity contribution in [2.45, 2.75) is 24.9 Å². The van der Waals surface area contributed by atoms with Crippen LogP contribution in [-0.4, -0.2) is 11.1 Å². The zero-order chi connectivity index (χ0) is 9.42. The molecule has 0 amide bonds. The van der Waals surface area contributed by atoms with Gasteiger partial charge >= 0.3 is 5.97 Å². The molecule has 1 aliphatic carbocycles. The quantitative estimate of drug-likeness (QED) is 0.814. The van der Waals surface area contributed by atoms with Crippen LogP contribution in [0.4, 0.5) is 4.39 Å².